The van der Waals surface area contributed by atoms with Crippen LogP contribution >= 0.6 is 0 Å². The minimum Gasteiger partial charge on any atom is -0.323 e. The highest BCUT2D eigenvalue weighted by Crippen LogP contribution is 2.09. The molecular weight excluding hydrogens is 392 g/mol. The van der Waals surface area contributed by atoms with Crippen LogP contribution < -0.4 is 15.4 Å². The van der Waals surface area contributed by atoms with E-state index in [4.69, 9.17) is 22.5 Å². The van der Waals surface area contributed by atoms with Crippen molar-refractivity contribution in [2.75, 3.05) is 0 Å². The predicted octanol–water partition coefficient (Wildman–Crippen LogP) is 2.29. The van der Waals surface area contributed by atoms with Gasteiger partial charge in [0.1, 0.15) is 11.4 Å². The van der Waals surface area contributed by atoms with Crippen LogP contribution in [0.4, 0.5) is 5.69 Å². The van der Waals surface area contributed by atoms with Crippen LogP contribution in [-0.4, -0.2) is 22.1 Å². The van der Waals surface area contributed by atoms with E-state index >= 15 is 0 Å². The molecule has 4 rings (SSSR count). The monoisotopic (exact) mass is 410 g/mol. The molecule has 0 aliphatic heterocycles. The molecular formula is C20H18N4O4S. The van der Waals surface area contributed by atoms with Crippen molar-refractivity contribution >= 4 is 16.1 Å². The predicted molar refractivity (Wildman–Crippen MR) is 106 cm³/mol. The number of aromatic nitrogens is 3. The second-order valence-corrected chi connectivity index (χ2v) is 6.69. The second kappa shape index (κ2) is 9.11. The first-order chi connectivity index (χ1) is 13.9. The molecule has 0 aliphatic carbocycles. The maximum Gasteiger partial charge on any atom is 0.394 e. The van der Waals surface area contributed by atoms with Gasteiger partial charge >= 0.3 is 10.4 Å². The minimum atomic E-state index is -4.67. The summed E-state index contributed by atoms with van der Waals surface area (Å²) in [7, 11) is -4.67. The summed E-state index contributed by atoms with van der Waals surface area (Å²) in [6.45, 7) is 0. The van der Waals surface area contributed by atoms with Crippen LogP contribution in [0.5, 0.6) is 0 Å². The second-order valence-electron chi connectivity index (χ2n) is 5.80. The molecule has 0 unspecified atom stereocenters. The van der Waals surface area contributed by atoms with E-state index in [1.807, 2.05) is 107 Å². The Balaban J connectivity index is 0.000000431. The Morgan fingerprint density at radius 2 is 1.28 bits per heavy atom. The number of nitrogens with zero attached hydrogens (tertiary/aromatic N) is 4. The van der Waals surface area contributed by atoms with Crippen molar-refractivity contribution in [3.05, 3.63) is 103 Å². The van der Waals surface area contributed by atoms with E-state index in [1.165, 1.54) is 0 Å². The summed E-state index contributed by atoms with van der Waals surface area (Å²) < 4.78 is 35.4. The van der Waals surface area contributed by atoms with Gasteiger partial charge in [-0.1, -0.05) is 66.7 Å². The first-order valence-corrected chi connectivity index (χ1v) is 9.89. The van der Waals surface area contributed by atoms with E-state index < -0.39 is 10.4 Å². The average Bonchev–Trinajstić information content (AvgIpc) is 3.13. The molecule has 0 radical (unpaired) electrons. The highest BCUT2D eigenvalue weighted by atomic mass is 32.3. The van der Waals surface area contributed by atoms with Crippen LogP contribution in [0, 0.1) is 0 Å². The molecule has 0 spiro atoms. The van der Waals surface area contributed by atoms with E-state index in [-0.39, 0.29) is 0 Å². The van der Waals surface area contributed by atoms with Crippen molar-refractivity contribution in [1.29, 1.82) is 0 Å². The van der Waals surface area contributed by atoms with Gasteiger partial charge in [0.15, 0.2) is 0 Å². The topological polar surface area (TPSA) is 110 Å². The number of hydrogen-bond acceptors (Lipinski definition) is 3. The molecule has 0 amide bonds. The first kappa shape index (κ1) is 20.2. The van der Waals surface area contributed by atoms with Crippen LogP contribution in [0.1, 0.15) is 0 Å². The molecule has 0 saturated carbocycles. The van der Waals surface area contributed by atoms with Crippen molar-refractivity contribution < 1.29 is 22.2 Å². The molecule has 0 aliphatic rings. The first-order valence-electron chi connectivity index (χ1n) is 8.49. The zero-order valence-electron chi connectivity index (χ0n) is 15.1. The SMILES string of the molecule is O=S(=O)(O)O.c1ccc(N=c2[n-][n+](-c3ccccc3)cn2-c2ccccc2)cc1. The van der Waals surface area contributed by atoms with Gasteiger partial charge in [-0.15, -0.1) is 0 Å². The number of hydrogen-bond donors (Lipinski definition) is 2. The van der Waals surface area contributed by atoms with Gasteiger partial charge in [0.2, 0.25) is 5.62 Å². The lowest BCUT2D eigenvalue weighted by molar-refractivity contribution is -0.663. The van der Waals surface area contributed by atoms with Gasteiger partial charge in [0.05, 0.1) is 0 Å². The van der Waals surface area contributed by atoms with Gasteiger partial charge in [-0.25, -0.2) is 0 Å². The lowest BCUT2D eigenvalue weighted by Gasteiger charge is -1.97. The van der Waals surface area contributed by atoms with Gasteiger partial charge in [-0.2, -0.15) is 22.8 Å². The molecule has 3 aromatic carbocycles. The van der Waals surface area contributed by atoms with Gasteiger partial charge in [-0.05, 0) is 30.0 Å². The quantitative estimate of drug-likeness (QED) is 0.398. The molecule has 0 saturated heterocycles. The Labute approximate surface area is 167 Å². The average molecular weight is 410 g/mol. The molecule has 8 nitrogen and oxygen atoms in total. The van der Waals surface area contributed by atoms with E-state index in [0.717, 1.165) is 17.1 Å². The van der Waals surface area contributed by atoms with Crippen molar-refractivity contribution in [3.8, 4) is 11.4 Å². The lowest BCUT2D eigenvalue weighted by atomic mass is 10.3. The third-order valence-electron chi connectivity index (χ3n) is 3.68. The lowest BCUT2D eigenvalue weighted by Crippen LogP contribution is -2.36. The Hall–Kier alpha value is -3.53. The summed E-state index contributed by atoms with van der Waals surface area (Å²) in [5, 5.41) is 4.67. The fraction of sp³-hybridized carbons (Fsp3) is 0. The molecule has 1 aromatic heterocycles. The molecule has 0 bridgehead atoms. The number of para-hydroxylation sites is 3. The van der Waals surface area contributed by atoms with Crippen molar-refractivity contribution in [3.63, 3.8) is 0 Å². The summed E-state index contributed by atoms with van der Waals surface area (Å²) in [6.07, 6.45) is 1.95. The fourth-order valence-electron chi connectivity index (χ4n) is 2.50. The van der Waals surface area contributed by atoms with Gasteiger partial charge in [-0.3, -0.25) is 9.11 Å². The van der Waals surface area contributed by atoms with E-state index in [9.17, 15) is 0 Å². The van der Waals surface area contributed by atoms with Crippen LogP contribution in [-0.2, 0) is 10.4 Å². The maximum atomic E-state index is 8.74. The zero-order chi connectivity index (χ0) is 20.7. The van der Waals surface area contributed by atoms with Crippen LogP contribution in [0.2, 0.25) is 0 Å². The number of benzene rings is 3. The Morgan fingerprint density at radius 1 is 0.793 bits per heavy atom. The Bertz CT molecular complexity index is 1210. The van der Waals surface area contributed by atoms with Crippen LogP contribution in [0.15, 0.2) is 102 Å². The molecule has 148 valence electrons. The molecule has 0 atom stereocenters. The summed E-state index contributed by atoms with van der Waals surface area (Å²) in [5.41, 5.74) is 3.53. The van der Waals surface area contributed by atoms with Gasteiger partial charge < -0.3 is 4.99 Å². The molecule has 2 N–H and O–H groups in total. The third kappa shape index (κ3) is 6.25. The normalized spacial score (nSPS) is 11.6. The third-order valence-corrected chi connectivity index (χ3v) is 3.68. The summed E-state index contributed by atoms with van der Waals surface area (Å²) in [4.78, 5) is 4.69. The Kier molecular flexibility index (Phi) is 6.35. The van der Waals surface area contributed by atoms with E-state index in [1.54, 1.807) is 0 Å². The highest BCUT2D eigenvalue weighted by molar-refractivity contribution is 7.79. The van der Waals surface area contributed by atoms with E-state index in [2.05, 4.69) is 5.10 Å². The minimum absolute atomic E-state index is 0.635. The molecule has 4 aromatic rings. The van der Waals surface area contributed by atoms with Gasteiger partial charge in [0.25, 0.3) is 6.33 Å². The zero-order valence-corrected chi connectivity index (χ0v) is 16.0. The molecule has 29 heavy (non-hydrogen) atoms. The van der Waals surface area contributed by atoms with Crippen LogP contribution in [0.3, 0.4) is 0 Å². The summed E-state index contributed by atoms with van der Waals surface area (Å²) in [5.74, 6) is 0. The van der Waals surface area contributed by atoms with Crippen molar-refractivity contribution in [2.24, 2.45) is 4.99 Å². The maximum absolute atomic E-state index is 8.74. The molecule has 1 heterocycles. The largest absolute Gasteiger partial charge is 0.394 e. The standard InChI is InChI=1S/C20H16N4.H2O4S/c1-4-10-17(11-5-1)21-20-22-24(19-14-8-3-9-15-19)16-23(20)18-12-6-2-7-13-18;1-5(2,3)4/h1-16H;(H2,1,2,3,4). The van der Waals surface area contributed by atoms with Crippen LogP contribution in [0.25, 0.3) is 11.4 Å². The smallest absolute Gasteiger partial charge is 0.323 e. The summed E-state index contributed by atoms with van der Waals surface area (Å²) >= 11 is 0. The Morgan fingerprint density at radius 3 is 1.83 bits per heavy atom. The molecule has 0 fully saturated rings. The van der Waals surface area contributed by atoms with Gasteiger partial charge in [0, 0.05) is 0 Å². The highest BCUT2D eigenvalue weighted by Gasteiger charge is 2.09. The van der Waals surface area contributed by atoms with Crippen molar-refractivity contribution in [2.45, 2.75) is 0 Å². The van der Waals surface area contributed by atoms with E-state index in [0.29, 0.717) is 5.62 Å². The fourth-order valence-corrected chi connectivity index (χ4v) is 2.50. The molecule has 9 heteroatoms. The van der Waals surface area contributed by atoms with Crippen molar-refractivity contribution in [1.82, 2.24) is 9.67 Å². The summed E-state index contributed by atoms with van der Waals surface area (Å²) in [6, 6.07) is 30.0. The number of rotatable bonds is 3.